The molecule has 1 aliphatic heterocycles. The molecule has 1 aliphatic rings. The Bertz CT molecular complexity index is 658. The fraction of sp³-hybridized carbons (Fsp3) is 0.500. The number of nitrogens with zero attached hydrogens (tertiary/aromatic N) is 5. The van der Waals surface area contributed by atoms with Gasteiger partial charge in [0.15, 0.2) is 0 Å². The molecule has 3 heterocycles. The third kappa shape index (κ3) is 4.64. The van der Waals surface area contributed by atoms with Gasteiger partial charge in [0.25, 0.3) is 0 Å². The van der Waals surface area contributed by atoms with Gasteiger partial charge in [-0.1, -0.05) is 6.07 Å². The zero-order valence-electron chi connectivity index (χ0n) is 14.8. The van der Waals surface area contributed by atoms with Gasteiger partial charge in [0, 0.05) is 32.0 Å². The van der Waals surface area contributed by atoms with Crippen LogP contribution in [-0.4, -0.2) is 64.8 Å². The van der Waals surface area contributed by atoms with Crippen molar-refractivity contribution in [2.24, 2.45) is 0 Å². The number of aliphatic hydroxyl groups is 1. The lowest BCUT2D eigenvalue weighted by atomic mass is 10.1. The summed E-state index contributed by atoms with van der Waals surface area (Å²) < 4.78 is 0. The maximum atomic E-state index is 9.65. The minimum absolute atomic E-state index is 0.138. The molecule has 1 fully saturated rings. The number of aliphatic hydroxyl groups excluding tert-OH is 1. The summed E-state index contributed by atoms with van der Waals surface area (Å²) in [6.07, 6.45) is 4.98. The van der Waals surface area contributed by atoms with Gasteiger partial charge in [-0.25, -0.2) is 4.98 Å². The molecule has 1 saturated heterocycles. The van der Waals surface area contributed by atoms with E-state index in [-0.39, 0.29) is 12.1 Å². The van der Waals surface area contributed by atoms with Gasteiger partial charge in [-0.2, -0.15) is 4.98 Å². The lowest BCUT2D eigenvalue weighted by molar-refractivity contribution is 0.145. The number of nitrogens with one attached hydrogen (secondary N) is 1. The molecule has 7 nitrogen and oxygen atoms in total. The average Bonchev–Trinajstić information content (AvgIpc) is 2.63. The minimum Gasteiger partial charge on any atom is -0.393 e. The molecule has 0 aromatic carbocycles. The normalized spacial score (nSPS) is 16.9. The van der Waals surface area contributed by atoms with E-state index < -0.39 is 0 Å². The Kier molecular flexibility index (Phi) is 5.78. The van der Waals surface area contributed by atoms with Crippen molar-refractivity contribution >= 4 is 11.8 Å². The molecule has 2 aromatic rings. The second kappa shape index (κ2) is 8.22. The molecule has 1 atom stereocenters. The Morgan fingerprint density at radius 1 is 1.20 bits per heavy atom. The largest absolute Gasteiger partial charge is 0.393 e. The molecular weight excluding hydrogens is 316 g/mol. The highest BCUT2D eigenvalue weighted by atomic mass is 16.3. The number of pyridine rings is 1. The van der Waals surface area contributed by atoms with Gasteiger partial charge in [0.2, 0.25) is 5.95 Å². The Morgan fingerprint density at radius 2 is 2.00 bits per heavy atom. The highest BCUT2D eigenvalue weighted by molar-refractivity contribution is 5.43. The number of aromatic nitrogens is 3. The van der Waals surface area contributed by atoms with Crippen LogP contribution in [-0.2, 0) is 0 Å². The van der Waals surface area contributed by atoms with Gasteiger partial charge in [-0.3, -0.25) is 9.88 Å². The third-order valence-corrected chi connectivity index (χ3v) is 4.54. The second-order valence-electron chi connectivity index (χ2n) is 6.57. The number of hydrogen-bond donors (Lipinski definition) is 2. The summed E-state index contributed by atoms with van der Waals surface area (Å²) in [4.78, 5) is 17.7. The fourth-order valence-corrected chi connectivity index (χ4v) is 3.02. The molecule has 3 rings (SSSR count). The Balaban J connectivity index is 1.65. The van der Waals surface area contributed by atoms with Crippen LogP contribution in [0.1, 0.15) is 24.6 Å². The molecule has 0 amide bonds. The molecule has 2 aromatic heterocycles. The van der Waals surface area contributed by atoms with Gasteiger partial charge in [-0.05, 0) is 45.1 Å². The molecule has 134 valence electrons. The van der Waals surface area contributed by atoms with E-state index in [1.165, 1.54) is 0 Å². The van der Waals surface area contributed by atoms with Crippen LogP contribution in [0.3, 0.4) is 0 Å². The van der Waals surface area contributed by atoms with E-state index >= 15 is 0 Å². The van der Waals surface area contributed by atoms with Gasteiger partial charge in [-0.15, -0.1) is 0 Å². The fourth-order valence-electron chi connectivity index (χ4n) is 3.02. The van der Waals surface area contributed by atoms with Gasteiger partial charge in [0.05, 0.1) is 17.8 Å². The third-order valence-electron chi connectivity index (χ3n) is 4.54. The van der Waals surface area contributed by atoms with E-state index in [1.54, 1.807) is 6.20 Å². The summed E-state index contributed by atoms with van der Waals surface area (Å²) in [5.41, 5.74) is 1.01. The second-order valence-corrected chi connectivity index (χ2v) is 6.57. The summed E-state index contributed by atoms with van der Waals surface area (Å²) in [6.45, 7) is 2.32. The first-order chi connectivity index (χ1) is 12.1. The van der Waals surface area contributed by atoms with Crippen LogP contribution in [0.5, 0.6) is 0 Å². The van der Waals surface area contributed by atoms with Crippen molar-refractivity contribution in [1.29, 1.82) is 0 Å². The first-order valence-corrected chi connectivity index (χ1v) is 8.71. The maximum Gasteiger partial charge on any atom is 0.224 e. The zero-order chi connectivity index (χ0) is 17.6. The van der Waals surface area contributed by atoms with Crippen molar-refractivity contribution < 1.29 is 5.11 Å². The number of piperidine rings is 1. The molecule has 0 bridgehead atoms. The predicted molar refractivity (Wildman–Crippen MR) is 98.6 cm³/mol. The van der Waals surface area contributed by atoms with Crippen LogP contribution in [0.15, 0.2) is 36.7 Å². The number of likely N-dealkylation sites (N-methyl/N-ethyl adjacent to an activating group) is 1. The van der Waals surface area contributed by atoms with Crippen LogP contribution in [0.4, 0.5) is 11.8 Å². The molecule has 0 aliphatic carbocycles. The van der Waals surface area contributed by atoms with Crippen molar-refractivity contribution in [3.05, 3.63) is 42.4 Å². The van der Waals surface area contributed by atoms with E-state index in [0.29, 0.717) is 12.5 Å². The SMILES string of the molecule is CN(C)[C@H](CNc1nccc(N2CCC(O)CC2)n1)c1ccccn1. The zero-order valence-corrected chi connectivity index (χ0v) is 14.8. The lowest BCUT2D eigenvalue weighted by Crippen LogP contribution is -2.36. The number of anilines is 2. The van der Waals surface area contributed by atoms with Crippen LogP contribution >= 0.6 is 0 Å². The number of rotatable bonds is 6. The molecule has 0 spiro atoms. The topological polar surface area (TPSA) is 77.4 Å². The van der Waals surface area contributed by atoms with Crippen LogP contribution in [0.25, 0.3) is 0 Å². The first-order valence-electron chi connectivity index (χ1n) is 8.71. The predicted octanol–water partition coefficient (Wildman–Crippen LogP) is 1.55. The van der Waals surface area contributed by atoms with E-state index in [2.05, 4.69) is 30.1 Å². The molecule has 25 heavy (non-hydrogen) atoms. The van der Waals surface area contributed by atoms with Crippen LogP contribution < -0.4 is 10.2 Å². The molecule has 0 saturated carbocycles. The van der Waals surface area contributed by atoms with Crippen molar-refractivity contribution in [3.8, 4) is 0 Å². The molecule has 2 N–H and O–H groups in total. The summed E-state index contributed by atoms with van der Waals surface area (Å²) in [5.74, 6) is 1.52. The minimum atomic E-state index is -0.185. The summed E-state index contributed by atoms with van der Waals surface area (Å²) in [7, 11) is 4.08. The Hall–Kier alpha value is -2.25. The van der Waals surface area contributed by atoms with Crippen LogP contribution in [0.2, 0.25) is 0 Å². The summed E-state index contributed by atoms with van der Waals surface area (Å²) in [6, 6.07) is 8.01. The van der Waals surface area contributed by atoms with Crippen molar-refractivity contribution in [2.75, 3.05) is 43.9 Å². The molecule has 7 heteroatoms. The van der Waals surface area contributed by atoms with E-state index in [0.717, 1.165) is 37.4 Å². The Labute approximate surface area is 148 Å². The Morgan fingerprint density at radius 3 is 2.68 bits per heavy atom. The van der Waals surface area contributed by atoms with Gasteiger partial charge in [0.1, 0.15) is 5.82 Å². The average molecular weight is 342 g/mol. The standard InChI is InChI=1S/C18H26N6O/c1-23(2)16(15-5-3-4-9-19-15)13-21-18-20-10-6-17(22-18)24-11-7-14(25)8-12-24/h3-6,9-10,14,16,25H,7-8,11-13H2,1-2H3,(H,20,21,22)/t16-/m1/s1. The monoisotopic (exact) mass is 342 g/mol. The molecule has 0 radical (unpaired) electrons. The lowest BCUT2D eigenvalue weighted by Gasteiger charge is -2.30. The summed E-state index contributed by atoms with van der Waals surface area (Å²) >= 11 is 0. The highest BCUT2D eigenvalue weighted by Crippen LogP contribution is 2.20. The molecule has 0 unspecified atom stereocenters. The smallest absolute Gasteiger partial charge is 0.224 e. The van der Waals surface area contributed by atoms with Gasteiger partial charge >= 0.3 is 0 Å². The van der Waals surface area contributed by atoms with Crippen molar-refractivity contribution in [3.63, 3.8) is 0 Å². The first kappa shape index (κ1) is 17.6. The van der Waals surface area contributed by atoms with Gasteiger partial charge < -0.3 is 15.3 Å². The van der Waals surface area contributed by atoms with E-state index in [1.807, 2.05) is 44.6 Å². The highest BCUT2D eigenvalue weighted by Gasteiger charge is 2.19. The maximum absolute atomic E-state index is 9.65. The van der Waals surface area contributed by atoms with E-state index in [4.69, 9.17) is 0 Å². The van der Waals surface area contributed by atoms with Crippen molar-refractivity contribution in [2.45, 2.75) is 25.0 Å². The van der Waals surface area contributed by atoms with Crippen molar-refractivity contribution in [1.82, 2.24) is 19.9 Å². The molecular formula is C18H26N6O. The van der Waals surface area contributed by atoms with E-state index in [9.17, 15) is 5.11 Å². The van der Waals surface area contributed by atoms with Crippen LogP contribution in [0, 0.1) is 0 Å². The quantitative estimate of drug-likeness (QED) is 0.824. The summed E-state index contributed by atoms with van der Waals surface area (Å²) in [5, 5.41) is 13.0. The number of hydrogen-bond acceptors (Lipinski definition) is 7.